The van der Waals surface area contributed by atoms with Crippen LogP contribution in [0.2, 0.25) is 0 Å². The number of carbonyl (C=O) groups is 2. The standard InChI is InChI=1S/C28H35N3O5S/c1-17-23(28(33)34)15-25(31(17)20(9-10-26(29)32)11-18-7-5-4-6-8-18)24-16-37-27(30-24)19-12-21(35-2)14-22(13-19)36-3/h12-16,18,20H,4-11H2,1-3H3,(H2,29,32)(H,33,34). The van der Waals surface area contributed by atoms with Gasteiger partial charge in [-0.2, -0.15) is 0 Å². The second-order valence-corrected chi connectivity index (χ2v) is 10.6. The van der Waals surface area contributed by atoms with E-state index in [9.17, 15) is 14.7 Å². The summed E-state index contributed by atoms with van der Waals surface area (Å²) in [7, 11) is 3.21. The SMILES string of the molecule is COc1cc(OC)cc(-c2nc(-c3cc(C(=O)O)c(C)n3C(CCC(N)=O)CC3CCCCC3)cs2)c1. The maximum atomic E-state index is 12.1. The normalized spacial score (nSPS) is 14.9. The van der Waals surface area contributed by atoms with Crippen molar-refractivity contribution in [2.75, 3.05) is 14.2 Å². The van der Waals surface area contributed by atoms with Crippen LogP contribution in [0.25, 0.3) is 22.0 Å². The lowest BCUT2D eigenvalue weighted by molar-refractivity contribution is -0.118. The minimum atomic E-state index is -0.975. The highest BCUT2D eigenvalue weighted by atomic mass is 32.1. The number of aromatic nitrogens is 2. The Morgan fingerprint density at radius 1 is 1.14 bits per heavy atom. The molecule has 1 saturated carbocycles. The van der Waals surface area contributed by atoms with Crippen molar-refractivity contribution >= 4 is 23.2 Å². The lowest BCUT2D eigenvalue weighted by atomic mass is 9.83. The second-order valence-electron chi connectivity index (χ2n) is 9.74. The van der Waals surface area contributed by atoms with Gasteiger partial charge < -0.3 is 24.9 Å². The van der Waals surface area contributed by atoms with Crippen molar-refractivity contribution in [1.29, 1.82) is 0 Å². The number of carboxylic acids is 1. The molecule has 37 heavy (non-hydrogen) atoms. The average molecular weight is 526 g/mol. The zero-order valence-corrected chi connectivity index (χ0v) is 22.5. The van der Waals surface area contributed by atoms with Crippen molar-refractivity contribution in [3.05, 3.63) is 40.9 Å². The third-order valence-corrected chi connectivity index (χ3v) is 8.20. The third-order valence-electron chi connectivity index (χ3n) is 7.31. The Labute approximate surface area is 221 Å². The fourth-order valence-electron chi connectivity index (χ4n) is 5.43. The van der Waals surface area contributed by atoms with Gasteiger partial charge in [0.15, 0.2) is 0 Å². The van der Waals surface area contributed by atoms with Crippen LogP contribution in [-0.4, -0.2) is 40.8 Å². The van der Waals surface area contributed by atoms with Crippen molar-refractivity contribution in [3.8, 4) is 33.5 Å². The number of thiazole rings is 1. The summed E-state index contributed by atoms with van der Waals surface area (Å²) < 4.78 is 12.9. The van der Waals surface area contributed by atoms with E-state index in [4.69, 9.17) is 20.2 Å². The Morgan fingerprint density at radius 3 is 2.41 bits per heavy atom. The molecule has 1 unspecified atom stereocenters. The largest absolute Gasteiger partial charge is 0.497 e. The maximum Gasteiger partial charge on any atom is 0.337 e. The highest BCUT2D eigenvalue weighted by Gasteiger charge is 2.28. The first-order valence-corrected chi connectivity index (χ1v) is 13.6. The summed E-state index contributed by atoms with van der Waals surface area (Å²) in [6, 6.07) is 7.27. The van der Waals surface area contributed by atoms with Crippen LogP contribution in [0.4, 0.5) is 0 Å². The summed E-state index contributed by atoms with van der Waals surface area (Å²) in [5.74, 6) is 0.554. The first-order valence-electron chi connectivity index (χ1n) is 12.7. The van der Waals surface area contributed by atoms with Crippen molar-refractivity contribution in [2.45, 2.75) is 64.3 Å². The molecule has 0 bridgehead atoms. The van der Waals surface area contributed by atoms with Gasteiger partial charge in [-0.15, -0.1) is 11.3 Å². The Kier molecular flexibility index (Phi) is 8.53. The van der Waals surface area contributed by atoms with Gasteiger partial charge in [0.2, 0.25) is 5.91 Å². The highest BCUT2D eigenvalue weighted by molar-refractivity contribution is 7.13. The third kappa shape index (κ3) is 6.15. The second kappa shape index (κ2) is 11.8. The number of hydrogen-bond acceptors (Lipinski definition) is 6. The zero-order chi connectivity index (χ0) is 26.5. The van der Waals surface area contributed by atoms with E-state index < -0.39 is 5.97 Å². The number of carbonyl (C=O) groups excluding carboxylic acids is 1. The van der Waals surface area contributed by atoms with Gasteiger partial charge in [0.25, 0.3) is 0 Å². The fourth-order valence-corrected chi connectivity index (χ4v) is 6.23. The summed E-state index contributed by atoms with van der Waals surface area (Å²) >= 11 is 1.48. The smallest absolute Gasteiger partial charge is 0.337 e. The Balaban J connectivity index is 1.77. The lowest BCUT2D eigenvalue weighted by Gasteiger charge is -2.29. The Bertz CT molecular complexity index is 1240. The number of nitrogens with two attached hydrogens (primary N) is 1. The van der Waals surface area contributed by atoms with Crippen LogP contribution in [0.15, 0.2) is 29.6 Å². The van der Waals surface area contributed by atoms with E-state index in [0.29, 0.717) is 35.2 Å². The van der Waals surface area contributed by atoms with E-state index in [0.717, 1.165) is 35.5 Å². The van der Waals surface area contributed by atoms with Gasteiger partial charge in [-0.05, 0) is 43.9 Å². The molecule has 3 N–H and O–H groups in total. The molecular weight excluding hydrogens is 490 g/mol. The molecule has 0 radical (unpaired) electrons. The van der Waals surface area contributed by atoms with E-state index in [-0.39, 0.29) is 23.9 Å². The molecule has 0 spiro atoms. The molecule has 198 valence electrons. The van der Waals surface area contributed by atoms with Crippen LogP contribution in [-0.2, 0) is 4.79 Å². The van der Waals surface area contributed by atoms with Gasteiger partial charge >= 0.3 is 5.97 Å². The van der Waals surface area contributed by atoms with Crippen LogP contribution < -0.4 is 15.2 Å². The molecule has 2 heterocycles. The number of nitrogens with zero attached hydrogens (tertiary/aromatic N) is 2. The fraction of sp³-hybridized carbons (Fsp3) is 0.464. The number of aromatic carboxylic acids is 1. The zero-order valence-electron chi connectivity index (χ0n) is 21.7. The number of primary amides is 1. The van der Waals surface area contributed by atoms with Gasteiger partial charge in [-0.25, -0.2) is 9.78 Å². The number of amides is 1. The van der Waals surface area contributed by atoms with Crippen molar-refractivity contribution in [1.82, 2.24) is 9.55 Å². The number of benzene rings is 1. The predicted molar refractivity (Wildman–Crippen MR) is 144 cm³/mol. The molecule has 1 aliphatic carbocycles. The summed E-state index contributed by atoms with van der Waals surface area (Å²) in [4.78, 5) is 28.8. The van der Waals surface area contributed by atoms with Crippen LogP contribution in [0.3, 0.4) is 0 Å². The molecule has 0 aliphatic heterocycles. The monoisotopic (exact) mass is 525 g/mol. The summed E-state index contributed by atoms with van der Waals surface area (Å²) in [6.45, 7) is 1.84. The summed E-state index contributed by atoms with van der Waals surface area (Å²) in [5, 5.41) is 12.7. The number of methoxy groups -OCH3 is 2. The molecule has 2 aromatic heterocycles. The quantitative estimate of drug-likeness (QED) is 0.313. The van der Waals surface area contributed by atoms with Gasteiger partial charge in [0.1, 0.15) is 16.5 Å². The summed E-state index contributed by atoms with van der Waals surface area (Å²) in [5.41, 5.74) is 8.76. The molecule has 4 rings (SSSR count). The Morgan fingerprint density at radius 2 is 1.81 bits per heavy atom. The van der Waals surface area contributed by atoms with E-state index in [2.05, 4.69) is 4.57 Å². The van der Waals surface area contributed by atoms with Gasteiger partial charge in [-0.1, -0.05) is 32.1 Å². The topological polar surface area (TPSA) is 117 Å². The van der Waals surface area contributed by atoms with Gasteiger partial charge in [0, 0.05) is 35.2 Å². The lowest BCUT2D eigenvalue weighted by Crippen LogP contribution is -2.21. The van der Waals surface area contributed by atoms with Crippen LogP contribution in [0, 0.1) is 12.8 Å². The van der Waals surface area contributed by atoms with Crippen molar-refractivity contribution in [2.24, 2.45) is 11.7 Å². The average Bonchev–Trinajstić information content (AvgIpc) is 3.51. The van der Waals surface area contributed by atoms with Gasteiger partial charge in [-0.3, -0.25) is 4.79 Å². The first kappa shape index (κ1) is 26.7. The predicted octanol–water partition coefficient (Wildman–Crippen LogP) is 6.08. The van der Waals surface area contributed by atoms with E-state index >= 15 is 0 Å². The molecule has 1 aromatic carbocycles. The molecule has 1 fully saturated rings. The van der Waals surface area contributed by atoms with Crippen LogP contribution in [0.5, 0.6) is 11.5 Å². The minimum Gasteiger partial charge on any atom is -0.497 e. The number of ether oxygens (including phenoxy) is 2. The van der Waals surface area contributed by atoms with E-state index in [1.807, 2.05) is 24.4 Å². The molecule has 8 nitrogen and oxygen atoms in total. The molecule has 0 saturated heterocycles. The number of carboxylic acid groups (broad SMARTS) is 1. The van der Waals surface area contributed by atoms with E-state index in [1.165, 1.54) is 30.6 Å². The number of hydrogen-bond donors (Lipinski definition) is 2. The Hall–Kier alpha value is -3.33. The summed E-state index contributed by atoms with van der Waals surface area (Å²) in [6.07, 6.45) is 7.71. The molecular formula is C28H35N3O5S. The minimum absolute atomic E-state index is 0.0410. The molecule has 3 aromatic rings. The first-order chi connectivity index (χ1) is 17.8. The van der Waals surface area contributed by atoms with E-state index in [1.54, 1.807) is 26.4 Å². The molecule has 1 amide bonds. The van der Waals surface area contributed by atoms with Crippen molar-refractivity contribution < 1.29 is 24.2 Å². The van der Waals surface area contributed by atoms with Crippen LogP contribution in [0.1, 0.15) is 73.5 Å². The van der Waals surface area contributed by atoms with Crippen LogP contribution >= 0.6 is 11.3 Å². The molecule has 9 heteroatoms. The molecule has 1 atom stereocenters. The van der Waals surface area contributed by atoms with Gasteiger partial charge in [0.05, 0.1) is 31.2 Å². The number of rotatable bonds is 11. The van der Waals surface area contributed by atoms with Crippen molar-refractivity contribution in [3.63, 3.8) is 0 Å². The highest BCUT2D eigenvalue weighted by Crippen LogP contribution is 2.39. The maximum absolute atomic E-state index is 12.1. The molecule has 1 aliphatic rings.